The highest BCUT2D eigenvalue weighted by Crippen LogP contribution is 2.41. The summed E-state index contributed by atoms with van der Waals surface area (Å²) in [7, 11) is 0. The number of benzene rings is 1. The Hall–Kier alpha value is -2.25. The number of carbonyl (C=O) groups is 2. The van der Waals surface area contributed by atoms with Crippen molar-refractivity contribution in [1.82, 2.24) is 4.90 Å². The van der Waals surface area contributed by atoms with Crippen molar-refractivity contribution in [3.05, 3.63) is 35.6 Å². The first-order valence-electron chi connectivity index (χ1n) is 14.3. The average molecular weight is 513 g/mol. The predicted molar refractivity (Wildman–Crippen MR) is 140 cm³/mol. The van der Waals surface area contributed by atoms with E-state index in [4.69, 9.17) is 10.2 Å². The monoisotopic (exact) mass is 512 g/mol. The molecule has 1 unspecified atom stereocenters. The fraction of sp³-hybridized carbons (Fsp3) is 0.667. The summed E-state index contributed by atoms with van der Waals surface area (Å²) in [6, 6.07) is 6.74. The molecular formula is C30H41FN2O4. The van der Waals surface area contributed by atoms with Crippen molar-refractivity contribution < 1.29 is 23.5 Å². The number of aliphatic hydroxyl groups excluding tert-OH is 1. The number of amides is 1. The van der Waals surface area contributed by atoms with Gasteiger partial charge in [-0.15, -0.1) is 0 Å². The third kappa shape index (κ3) is 5.63. The second-order valence-corrected chi connectivity index (χ2v) is 11.6. The number of carbonyl (C=O) groups excluding carboxylic acids is 2. The summed E-state index contributed by atoms with van der Waals surface area (Å²) in [5, 5.41) is 10.3. The molecule has 1 amide bonds. The van der Waals surface area contributed by atoms with Gasteiger partial charge in [0.2, 0.25) is 5.91 Å². The van der Waals surface area contributed by atoms with Crippen molar-refractivity contribution in [2.75, 3.05) is 13.2 Å². The Balaban J connectivity index is 1.33. The Bertz CT molecular complexity index is 1090. The fourth-order valence-electron chi connectivity index (χ4n) is 7.33. The minimum Gasteiger partial charge on any atom is -0.459 e. The molecule has 1 aromatic heterocycles. The van der Waals surface area contributed by atoms with Crippen LogP contribution in [0.5, 0.6) is 0 Å². The minimum absolute atomic E-state index is 0.0948. The van der Waals surface area contributed by atoms with E-state index in [0.717, 1.165) is 55.9 Å². The van der Waals surface area contributed by atoms with Crippen LogP contribution in [0.15, 0.2) is 28.7 Å². The van der Waals surface area contributed by atoms with Crippen LogP contribution in [-0.2, 0) is 22.6 Å². The maximum atomic E-state index is 13.9. The summed E-state index contributed by atoms with van der Waals surface area (Å²) in [5.74, 6) is 1.52. The number of rotatable bonds is 8. The van der Waals surface area contributed by atoms with E-state index in [1.807, 2.05) is 29.2 Å². The number of nitrogens with two attached hydrogens (primary N) is 1. The number of alkyl halides is 1. The highest BCUT2D eigenvalue weighted by Gasteiger charge is 2.46. The molecule has 2 heterocycles. The SMILES string of the molecule is NC(CF)C1CCC(C(=O)N2CC[C@@H](C3CCCCC3)[C@H]2C(=O)Cc2ccc3oc(CO)cc3c2)CC1. The molecule has 1 aromatic carbocycles. The van der Waals surface area contributed by atoms with Crippen molar-refractivity contribution in [2.45, 2.75) is 89.3 Å². The van der Waals surface area contributed by atoms with Gasteiger partial charge in [0.05, 0.1) is 6.04 Å². The molecule has 7 heteroatoms. The molecule has 2 saturated carbocycles. The van der Waals surface area contributed by atoms with Crippen LogP contribution in [0.3, 0.4) is 0 Å². The van der Waals surface area contributed by atoms with Gasteiger partial charge in [0.25, 0.3) is 0 Å². The Kier molecular flexibility index (Phi) is 8.30. The summed E-state index contributed by atoms with van der Waals surface area (Å²) in [5.41, 5.74) is 7.54. The highest BCUT2D eigenvalue weighted by molar-refractivity contribution is 5.92. The maximum absolute atomic E-state index is 13.9. The topological polar surface area (TPSA) is 96.8 Å². The van der Waals surface area contributed by atoms with Gasteiger partial charge in [0, 0.05) is 30.3 Å². The molecule has 3 fully saturated rings. The number of likely N-dealkylation sites (tertiary alicyclic amines) is 1. The molecule has 5 rings (SSSR count). The van der Waals surface area contributed by atoms with Gasteiger partial charge in [-0.3, -0.25) is 9.59 Å². The molecule has 1 saturated heterocycles. The van der Waals surface area contributed by atoms with Crippen molar-refractivity contribution in [1.29, 1.82) is 0 Å². The van der Waals surface area contributed by atoms with E-state index in [9.17, 15) is 19.1 Å². The number of hydrogen-bond acceptors (Lipinski definition) is 5. The summed E-state index contributed by atoms with van der Waals surface area (Å²) in [6.07, 6.45) is 10.2. The van der Waals surface area contributed by atoms with Crippen LogP contribution in [0.25, 0.3) is 11.0 Å². The largest absolute Gasteiger partial charge is 0.459 e. The second kappa shape index (κ2) is 11.6. The first-order chi connectivity index (χ1) is 18.0. The molecule has 3 N–H and O–H groups in total. The predicted octanol–water partition coefficient (Wildman–Crippen LogP) is 4.94. The molecule has 202 valence electrons. The smallest absolute Gasteiger partial charge is 0.226 e. The molecule has 0 radical (unpaired) electrons. The lowest BCUT2D eigenvalue weighted by Gasteiger charge is -2.37. The molecule has 2 aliphatic carbocycles. The molecule has 3 aliphatic rings. The normalized spacial score (nSPS) is 28.0. The number of Topliss-reactive ketones (excluding diaryl/α,β-unsaturated/α-hetero) is 1. The summed E-state index contributed by atoms with van der Waals surface area (Å²) in [4.78, 5) is 29.6. The molecule has 3 atom stereocenters. The Morgan fingerprint density at radius 1 is 1.05 bits per heavy atom. The van der Waals surface area contributed by atoms with Gasteiger partial charge in [0.15, 0.2) is 5.78 Å². The molecular weight excluding hydrogens is 471 g/mol. The highest BCUT2D eigenvalue weighted by atomic mass is 19.1. The lowest BCUT2D eigenvalue weighted by Crippen LogP contribution is -2.48. The Morgan fingerprint density at radius 3 is 2.51 bits per heavy atom. The van der Waals surface area contributed by atoms with Crippen LogP contribution in [-0.4, -0.2) is 47.0 Å². The fourth-order valence-corrected chi connectivity index (χ4v) is 7.33. The first-order valence-corrected chi connectivity index (χ1v) is 14.3. The van der Waals surface area contributed by atoms with Crippen LogP contribution < -0.4 is 5.73 Å². The van der Waals surface area contributed by atoms with Gasteiger partial charge in [-0.2, -0.15) is 0 Å². The molecule has 1 aliphatic heterocycles. The number of ketones is 1. The third-order valence-electron chi connectivity index (χ3n) is 9.38. The van der Waals surface area contributed by atoms with Crippen LogP contribution in [0.4, 0.5) is 4.39 Å². The van der Waals surface area contributed by atoms with E-state index in [0.29, 0.717) is 23.8 Å². The summed E-state index contributed by atoms with van der Waals surface area (Å²) in [6.45, 7) is -0.0191. The van der Waals surface area contributed by atoms with Crippen LogP contribution in [0.2, 0.25) is 0 Å². The molecule has 6 nitrogen and oxygen atoms in total. The van der Waals surface area contributed by atoms with Crippen molar-refractivity contribution in [2.24, 2.45) is 29.4 Å². The van der Waals surface area contributed by atoms with Gasteiger partial charge in [-0.05, 0) is 73.6 Å². The molecule has 2 aromatic rings. The average Bonchev–Trinajstić information content (AvgIpc) is 3.57. The van der Waals surface area contributed by atoms with E-state index in [1.54, 1.807) is 0 Å². The number of fused-ring (bicyclic) bond motifs is 1. The first kappa shape index (κ1) is 26.4. The number of halogens is 1. The summed E-state index contributed by atoms with van der Waals surface area (Å²) >= 11 is 0. The van der Waals surface area contributed by atoms with Crippen LogP contribution in [0, 0.1) is 23.7 Å². The number of furan rings is 1. The second-order valence-electron chi connectivity index (χ2n) is 11.6. The van der Waals surface area contributed by atoms with Crippen molar-refractivity contribution >= 4 is 22.7 Å². The summed E-state index contributed by atoms with van der Waals surface area (Å²) < 4.78 is 18.7. The molecule has 0 spiro atoms. The lowest BCUT2D eigenvalue weighted by molar-refractivity contribution is -0.143. The van der Waals surface area contributed by atoms with Gasteiger partial charge >= 0.3 is 0 Å². The van der Waals surface area contributed by atoms with Crippen molar-refractivity contribution in [3.63, 3.8) is 0 Å². The zero-order valence-corrected chi connectivity index (χ0v) is 21.7. The lowest BCUT2D eigenvalue weighted by atomic mass is 9.75. The maximum Gasteiger partial charge on any atom is 0.226 e. The number of hydrogen-bond donors (Lipinski definition) is 2. The van der Waals surface area contributed by atoms with Crippen molar-refractivity contribution in [3.8, 4) is 0 Å². The quantitative estimate of drug-likeness (QED) is 0.522. The standard InChI is InChI=1S/C30H41FN2O4/c31-17-26(32)21-7-9-22(10-8-21)30(36)33-13-12-25(20-4-2-1-3-5-20)29(33)27(35)15-19-6-11-28-23(14-19)16-24(18-34)37-28/h6,11,14,16,20-22,25-26,29,34H,1-5,7-10,12-13,15,17-18,32H2/t21?,22?,25-,26?,29-/m0/s1. The Morgan fingerprint density at radius 2 is 1.81 bits per heavy atom. The zero-order valence-electron chi connectivity index (χ0n) is 21.7. The van der Waals surface area contributed by atoms with Gasteiger partial charge in [-0.1, -0.05) is 38.2 Å². The van der Waals surface area contributed by atoms with E-state index in [1.165, 1.54) is 19.3 Å². The van der Waals surface area contributed by atoms with Gasteiger partial charge in [-0.25, -0.2) is 4.39 Å². The Labute approximate surface area is 218 Å². The number of aliphatic hydroxyl groups is 1. The third-order valence-corrected chi connectivity index (χ3v) is 9.38. The number of nitrogens with zero attached hydrogens (tertiary/aromatic N) is 1. The zero-order chi connectivity index (χ0) is 25.9. The van der Waals surface area contributed by atoms with Gasteiger partial charge < -0.3 is 20.2 Å². The molecule has 37 heavy (non-hydrogen) atoms. The van der Waals surface area contributed by atoms with E-state index in [2.05, 4.69) is 0 Å². The molecule has 0 bridgehead atoms. The van der Waals surface area contributed by atoms with Gasteiger partial charge in [0.1, 0.15) is 24.6 Å². The van der Waals surface area contributed by atoms with E-state index >= 15 is 0 Å². The van der Waals surface area contributed by atoms with E-state index in [-0.39, 0.29) is 48.5 Å². The van der Waals surface area contributed by atoms with Crippen LogP contribution >= 0.6 is 0 Å². The minimum atomic E-state index is -0.513. The van der Waals surface area contributed by atoms with E-state index < -0.39 is 12.7 Å². The van der Waals surface area contributed by atoms with Crippen LogP contribution in [0.1, 0.15) is 75.5 Å².